The second-order valence-corrected chi connectivity index (χ2v) is 19.2. The number of benzene rings is 9. The zero-order chi connectivity index (χ0) is 50.7. The van der Waals surface area contributed by atoms with E-state index in [9.17, 15) is 0 Å². The molecule has 0 aliphatic rings. The Hall–Kier alpha value is -8.92. The molecule has 0 fully saturated rings. The summed E-state index contributed by atoms with van der Waals surface area (Å²) in [7, 11) is 0. The van der Waals surface area contributed by atoms with Gasteiger partial charge < -0.3 is 15.0 Å². The normalized spacial score (nSPS) is 11.0. The van der Waals surface area contributed by atoms with Crippen LogP contribution in [-0.4, -0.2) is 15.0 Å². The first-order chi connectivity index (χ1) is 36.9. The molecule has 362 valence electrons. The molecule has 0 N–H and O–H groups in total. The van der Waals surface area contributed by atoms with Crippen molar-refractivity contribution in [1.29, 1.82) is 0 Å². The second-order valence-electron chi connectivity index (χ2n) is 19.2. The minimum atomic E-state index is 0. The van der Waals surface area contributed by atoms with Crippen LogP contribution in [0, 0.1) is 39.0 Å². The smallest absolute Gasteiger partial charge is 0.305 e. The van der Waals surface area contributed by atoms with E-state index < -0.39 is 0 Å². The predicted octanol–water partition coefficient (Wildman–Crippen LogP) is 18.5. The molecule has 0 bridgehead atoms. The summed E-state index contributed by atoms with van der Waals surface area (Å²) in [5.74, 6) is 0. The second kappa shape index (κ2) is 21.9. The molecule has 0 spiro atoms. The van der Waals surface area contributed by atoms with Gasteiger partial charge in [-0.2, -0.15) is 0 Å². The van der Waals surface area contributed by atoms with Gasteiger partial charge in [-0.1, -0.05) is 202 Å². The van der Waals surface area contributed by atoms with Crippen LogP contribution < -0.4 is 0 Å². The third kappa shape index (κ3) is 10.3. The Balaban J connectivity index is 0.00000616. The zero-order valence-corrected chi connectivity index (χ0v) is 44.7. The molecule has 0 unspecified atom stereocenters. The van der Waals surface area contributed by atoms with Crippen molar-refractivity contribution in [1.82, 2.24) is 15.0 Å². The third-order valence-corrected chi connectivity index (χ3v) is 14.0. The summed E-state index contributed by atoms with van der Waals surface area (Å²) < 4.78 is 0. The van der Waals surface area contributed by atoms with Crippen LogP contribution in [0.2, 0.25) is 0 Å². The number of aryl methyl sites for hydroxylation is 3. The van der Waals surface area contributed by atoms with E-state index in [0.29, 0.717) is 0 Å². The monoisotopic (exact) mass is 1150 g/mol. The molecule has 0 aliphatic heterocycles. The average Bonchev–Trinajstić information content (AvgIpc) is 3.51. The number of hydrogen-bond donors (Lipinski definition) is 0. The molecule has 76 heavy (non-hydrogen) atoms. The molecule has 3 heterocycles. The quantitative estimate of drug-likeness (QED) is 0.121. The van der Waals surface area contributed by atoms with Gasteiger partial charge in [-0.05, 0) is 123 Å². The fourth-order valence-corrected chi connectivity index (χ4v) is 10.1. The first-order valence-electron chi connectivity index (χ1n) is 25.4. The van der Waals surface area contributed by atoms with E-state index in [4.69, 9.17) is 4.98 Å². The minimum absolute atomic E-state index is 0. The first kappa shape index (κ1) is 49.3. The average molecular weight is 1150 g/mol. The molecule has 0 saturated heterocycles. The van der Waals surface area contributed by atoms with E-state index in [2.05, 4.69) is 273 Å². The molecule has 4 heteroatoms. The SMILES string of the molecule is Cc1ccc(-c2[c-]cc(-c3ccccc3-c3cc(-c4ccccc4-c4c[c-]c(-c5ccc(C)cn5)cc4)cc(-c4ccccc4-c4c[c-]c(-c5cc(C)ccn5)cc4-c4ccc(-c5ccccc5)cc4)c3)cc2)nc1.[Ir+3]. The number of rotatable bonds is 11. The van der Waals surface area contributed by atoms with Gasteiger partial charge in [0.05, 0.1) is 0 Å². The molecule has 0 radical (unpaired) electrons. The molecule has 0 amide bonds. The number of aromatic nitrogens is 3. The summed E-state index contributed by atoms with van der Waals surface area (Å²) >= 11 is 0. The molecule has 0 atom stereocenters. The van der Waals surface area contributed by atoms with Gasteiger partial charge in [-0.15, -0.1) is 83.4 Å². The summed E-state index contributed by atoms with van der Waals surface area (Å²) in [6.07, 6.45) is 5.69. The third-order valence-electron chi connectivity index (χ3n) is 14.0. The van der Waals surface area contributed by atoms with Crippen molar-refractivity contribution in [2.45, 2.75) is 20.8 Å². The van der Waals surface area contributed by atoms with Gasteiger partial charge in [0.1, 0.15) is 0 Å². The standard InChI is InChI=1S/C72H50N3.Ir/c1-48-39-40-73-72(41-48)58-35-36-68(69(45-58)55-25-23-52(24-26-55)51-13-5-4-6-14-51)67-20-12-11-19-66(67)61-43-59(64-17-9-7-15-62(64)53-27-31-56(32-28-53)70-37-21-49(2)46-74-70)42-60(44-61)65-18-10-8-16-63(65)54-29-33-57(34-30-54)71-38-22-50(3)47-75-71;/h4-31,33,36-47H,1-3H3;/q-3;+3. The Bertz CT molecular complexity index is 3830. The van der Waals surface area contributed by atoms with Gasteiger partial charge in [0.15, 0.2) is 0 Å². The van der Waals surface area contributed by atoms with Crippen molar-refractivity contribution in [2.24, 2.45) is 0 Å². The fraction of sp³-hybridized carbons (Fsp3) is 0.0417. The van der Waals surface area contributed by atoms with Gasteiger partial charge in [-0.3, -0.25) is 0 Å². The molecule has 3 nitrogen and oxygen atoms in total. The topological polar surface area (TPSA) is 38.7 Å². The molecule has 0 aliphatic carbocycles. The predicted molar refractivity (Wildman–Crippen MR) is 310 cm³/mol. The first-order valence-corrected chi connectivity index (χ1v) is 25.4. The Morgan fingerprint density at radius 3 is 1.17 bits per heavy atom. The van der Waals surface area contributed by atoms with Crippen LogP contribution in [0.5, 0.6) is 0 Å². The maximum atomic E-state index is 4.80. The van der Waals surface area contributed by atoms with Crippen LogP contribution in [0.1, 0.15) is 16.7 Å². The van der Waals surface area contributed by atoms with Crippen LogP contribution in [-0.2, 0) is 20.1 Å². The van der Waals surface area contributed by atoms with Gasteiger partial charge in [0, 0.05) is 18.6 Å². The van der Waals surface area contributed by atoms with Crippen molar-refractivity contribution < 1.29 is 20.1 Å². The molecule has 12 rings (SSSR count). The number of hydrogen-bond acceptors (Lipinski definition) is 3. The van der Waals surface area contributed by atoms with E-state index in [1.165, 1.54) is 11.1 Å². The Kier molecular flexibility index (Phi) is 14.2. The van der Waals surface area contributed by atoms with Gasteiger partial charge in [0.25, 0.3) is 0 Å². The maximum absolute atomic E-state index is 4.80. The van der Waals surface area contributed by atoms with Crippen LogP contribution >= 0.6 is 0 Å². The van der Waals surface area contributed by atoms with Crippen LogP contribution in [0.4, 0.5) is 0 Å². The Morgan fingerprint density at radius 2 is 0.697 bits per heavy atom. The molecular weight excluding hydrogens is 1100 g/mol. The van der Waals surface area contributed by atoms with Crippen molar-refractivity contribution >= 4 is 0 Å². The Labute approximate surface area is 459 Å². The molecule has 0 saturated carbocycles. The summed E-state index contributed by atoms with van der Waals surface area (Å²) in [6, 6.07) is 93.3. The molecule has 12 aromatic rings. The van der Waals surface area contributed by atoms with Crippen LogP contribution in [0.25, 0.3) is 123 Å². The summed E-state index contributed by atoms with van der Waals surface area (Å²) in [4.78, 5) is 14.2. The van der Waals surface area contributed by atoms with E-state index in [1.54, 1.807) is 0 Å². The molecule has 9 aromatic carbocycles. The fourth-order valence-electron chi connectivity index (χ4n) is 10.1. The molecule has 3 aromatic heterocycles. The van der Waals surface area contributed by atoms with E-state index in [1.807, 2.05) is 24.7 Å². The van der Waals surface area contributed by atoms with Gasteiger partial charge in [-0.25, -0.2) is 0 Å². The summed E-state index contributed by atoms with van der Waals surface area (Å²) in [5.41, 5.74) is 26.8. The van der Waals surface area contributed by atoms with Crippen molar-refractivity contribution in [3.8, 4) is 123 Å². The maximum Gasteiger partial charge on any atom is 3.00 e. The van der Waals surface area contributed by atoms with E-state index >= 15 is 0 Å². The molecular formula is C72H50IrN3. The van der Waals surface area contributed by atoms with E-state index in [0.717, 1.165) is 128 Å². The van der Waals surface area contributed by atoms with E-state index in [-0.39, 0.29) is 20.1 Å². The van der Waals surface area contributed by atoms with Crippen molar-refractivity contribution in [2.75, 3.05) is 0 Å². The largest absolute Gasteiger partial charge is 3.00 e. The van der Waals surface area contributed by atoms with Crippen LogP contribution in [0.3, 0.4) is 0 Å². The van der Waals surface area contributed by atoms with Crippen molar-refractivity contribution in [3.05, 3.63) is 284 Å². The van der Waals surface area contributed by atoms with Gasteiger partial charge in [0.2, 0.25) is 0 Å². The van der Waals surface area contributed by atoms with Crippen molar-refractivity contribution in [3.63, 3.8) is 0 Å². The van der Waals surface area contributed by atoms with Crippen LogP contribution in [0.15, 0.2) is 249 Å². The zero-order valence-electron chi connectivity index (χ0n) is 42.3. The number of nitrogens with zero attached hydrogens (tertiary/aromatic N) is 3. The minimum Gasteiger partial charge on any atom is -0.305 e. The number of pyridine rings is 3. The summed E-state index contributed by atoms with van der Waals surface area (Å²) in [5, 5.41) is 0. The Morgan fingerprint density at radius 1 is 0.263 bits per heavy atom. The summed E-state index contributed by atoms with van der Waals surface area (Å²) in [6.45, 7) is 6.22. The van der Waals surface area contributed by atoms with Gasteiger partial charge >= 0.3 is 20.1 Å².